The van der Waals surface area contributed by atoms with Crippen molar-refractivity contribution in [1.82, 2.24) is 9.88 Å². The SMILES string of the molecule is CCOc1ccc(N2C(=O)/C(=C\c3cccn3C(C)(C)C)C(=O)NC2=S)cc1. The van der Waals surface area contributed by atoms with E-state index in [0.29, 0.717) is 18.0 Å². The van der Waals surface area contributed by atoms with Crippen molar-refractivity contribution >= 4 is 40.9 Å². The Morgan fingerprint density at radius 2 is 1.82 bits per heavy atom. The number of benzene rings is 1. The van der Waals surface area contributed by atoms with Gasteiger partial charge in [0.25, 0.3) is 11.8 Å². The van der Waals surface area contributed by atoms with Gasteiger partial charge in [0, 0.05) is 17.4 Å². The minimum Gasteiger partial charge on any atom is -0.494 e. The molecular formula is C21H23N3O3S. The van der Waals surface area contributed by atoms with Crippen LogP contribution in [-0.2, 0) is 15.1 Å². The van der Waals surface area contributed by atoms with E-state index in [1.54, 1.807) is 30.3 Å². The van der Waals surface area contributed by atoms with Crippen LogP contribution in [0.5, 0.6) is 5.75 Å². The van der Waals surface area contributed by atoms with Gasteiger partial charge in [0.2, 0.25) is 0 Å². The zero-order valence-corrected chi connectivity index (χ0v) is 17.2. The van der Waals surface area contributed by atoms with Gasteiger partial charge >= 0.3 is 0 Å². The number of nitrogens with zero attached hydrogens (tertiary/aromatic N) is 2. The zero-order chi connectivity index (χ0) is 20.5. The number of hydrogen-bond donors (Lipinski definition) is 1. The first-order valence-electron chi connectivity index (χ1n) is 9.04. The first-order chi connectivity index (χ1) is 13.2. The number of aromatic nitrogens is 1. The fourth-order valence-electron chi connectivity index (χ4n) is 3.02. The lowest BCUT2D eigenvalue weighted by molar-refractivity contribution is -0.122. The van der Waals surface area contributed by atoms with Gasteiger partial charge in [-0.15, -0.1) is 0 Å². The normalized spacial score (nSPS) is 16.5. The smallest absolute Gasteiger partial charge is 0.270 e. The fourth-order valence-corrected chi connectivity index (χ4v) is 3.30. The number of carbonyl (C=O) groups is 2. The summed E-state index contributed by atoms with van der Waals surface area (Å²) in [5, 5.41) is 2.67. The molecule has 1 N–H and O–H groups in total. The zero-order valence-electron chi connectivity index (χ0n) is 16.4. The third kappa shape index (κ3) is 3.84. The van der Waals surface area contributed by atoms with Crippen molar-refractivity contribution in [2.24, 2.45) is 0 Å². The van der Waals surface area contributed by atoms with E-state index in [1.807, 2.05) is 29.8 Å². The molecule has 146 valence electrons. The molecule has 2 heterocycles. The fraction of sp³-hybridized carbons (Fsp3) is 0.286. The second-order valence-electron chi connectivity index (χ2n) is 7.36. The average Bonchev–Trinajstić information content (AvgIpc) is 3.09. The second-order valence-corrected chi connectivity index (χ2v) is 7.75. The quantitative estimate of drug-likeness (QED) is 0.487. The van der Waals surface area contributed by atoms with Crippen LogP contribution >= 0.6 is 12.2 Å². The summed E-state index contributed by atoms with van der Waals surface area (Å²) in [7, 11) is 0. The summed E-state index contributed by atoms with van der Waals surface area (Å²) in [5.74, 6) is -0.261. The predicted molar refractivity (Wildman–Crippen MR) is 113 cm³/mol. The highest BCUT2D eigenvalue weighted by atomic mass is 32.1. The Labute approximate surface area is 169 Å². The molecule has 1 saturated heterocycles. The number of nitrogens with one attached hydrogen (secondary N) is 1. The Morgan fingerprint density at radius 1 is 1.14 bits per heavy atom. The van der Waals surface area contributed by atoms with E-state index in [-0.39, 0.29) is 16.2 Å². The standard InChI is InChI=1S/C21H23N3O3S/c1-5-27-16-10-8-14(9-11-16)24-19(26)17(18(25)22-20(24)28)13-15-7-6-12-23(15)21(2,3)4/h6-13H,5H2,1-4H3,(H,22,25,28)/b17-13-. The molecule has 1 aromatic carbocycles. The molecule has 0 unspecified atom stereocenters. The minimum atomic E-state index is -0.501. The summed E-state index contributed by atoms with van der Waals surface area (Å²) in [4.78, 5) is 26.9. The maximum Gasteiger partial charge on any atom is 0.270 e. The number of hydrogen-bond acceptors (Lipinski definition) is 4. The molecule has 0 aliphatic carbocycles. The Hall–Kier alpha value is -2.93. The molecule has 7 heteroatoms. The van der Waals surface area contributed by atoms with Gasteiger partial charge in [-0.2, -0.15) is 0 Å². The molecular weight excluding hydrogens is 374 g/mol. The predicted octanol–water partition coefficient (Wildman–Crippen LogP) is 3.47. The molecule has 28 heavy (non-hydrogen) atoms. The van der Waals surface area contributed by atoms with Crippen LogP contribution in [0.3, 0.4) is 0 Å². The monoisotopic (exact) mass is 397 g/mol. The van der Waals surface area contributed by atoms with E-state index in [9.17, 15) is 9.59 Å². The van der Waals surface area contributed by atoms with E-state index in [1.165, 1.54) is 4.90 Å². The Bertz CT molecular complexity index is 952. The van der Waals surface area contributed by atoms with Gasteiger partial charge in [0.1, 0.15) is 11.3 Å². The summed E-state index contributed by atoms with van der Waals surface area (Å²) in [6.45, 7) is 8.62. The Balaban J connectivity index is 1.98. The van der Waals surface area contributed by atoms with E-state index >= 15 is 0 Å². The van der Waals surface area contributed by atoms with Crippen molar-refractivity contribution < 1.29 is 14.3 Å². The highest BCUT2D eigenvalue weighted by Gasteiger charge is 2.34. The topological polar surface area (TPSA) is 63.6 Å². The largest absolute Gasteiger partial charge is 0.494 e. The number of carbonyl (C=O) groups excluding carboxylic acids is 2. The van der Waals surface area contributed by atoms with E-state index in [2.05, 4.69) is 26.1 Å². The number of thiocarbonyl (C=S) groups is 1. The van der Waals surface area contributed by atoms with E-state index in [0.717, 1.165) is 5.69 Å². The molecule has 2 amide bonds. The van der Waals surface area contributed by atoms with Crippen LogP contribution in [0.4, 0.5) is 5.69 Å². The van der Waals surface area contributed by atoms with Crippen molar-refractivity contribution in [1.29, 1.82) is 0 Å². The summed E-state index contributed by atoms with van der Waals surface area (Å²) < 4.78 is 7.44. The molecule has 1 fully saturated rings. The van der Waals surface area contributed by atoms with Crippen molar-refractivity contribution in [3.8, 4) is 5.75 Å². The third-order valence-corrected chi connectivity index (χ3v) is 4.59. The lowest BCUT2D eigenvalue weighted by Gasteiger charge is -2.29. The molecule has 1 aromatic heterocycles. The molecule has 0 saturated carbocycles. The highest BCUT2D eigenvalue weighted by Crippen LogP contribution is 2.26. The van der Waals surface area contributed by atoms with Gasteiger partial charge in [-0.25, -0.2) is 0 Å². The maximum absolute atomic E-state index is 13.1. The van der Waals surface area contributed by atoms with Crippen LogP contribution < -0.4 is 15.0 Å². The number of amides is 2. The minimum absolute atomic E-state index is 0.0340. The molecule has 6 nitrogen and oxygen atoms in total. The summed E-state index contributed by atoms with van der Waals surface area (Å²) >= 11 is 5.24. The molecule has 0 atom stereocenters. The van der Waals surface area contributed by atoms with Gasteiger partial charge in [-0.05, 0) is 82.4 Å². The van der Waals surface area contributed by atoms with Crippen LogP contribution in [0, 0.1) is 0 Å². The third-order valence-electron chi connectivity index (χ3n) is 4.30. The number of rotatable bonds is 4. The van der Waals surface area contributed by atoms with Gasteiger partial charge in [0.05, 0.1) is 12.3 Å². The van der Waals surface area contributed by atoms with Crippen LogP contribution in [0.2, 0.25) is 0 Å². The van der Waals surface area contributed by atoms with Crippen molar-refractivity contribution in [3.63, 3.8) is 0 Å². The molecule has 0 bridgehead atoms. The van der Waals surface area contributed by atoms with Gasteiger partial charge in [-0.3, -0.25) is 19.8 Å². The van der Waals surface area contributed by atoms with E-state index < -0.39 is 11.8 Å². The molecule has 1 aliphatic rings. The highest BCUT2D eigenvalue weighted by molar-refractivity contribution is 7.80. The van der Waals surface area contributed by atoms with Crippen LogP contribution in [-0.4, -0.2) is 28.1 Å². The number of anilines is 1. The number of ether oxygens (including phenoxy) is 1. The van der Waals surface area contributed by atoms with Crippen LogP contribution in [0.1, 0.15) is 33.4 Å². The molecule has 2 aromatic rings. The van der Waals surface area contributed by atoms with Crippen molar-refractivity contribution in [2.75, 3.05) is 11.5 Å². The summed E-state index contributed by atoms with van der Waals surface area (Å²) in [6, 6.07) is 10.8. The summed E-state index contributed by atoms with van der Waals surface area (Å²) in [6.07, 6.45) is 3.53. The Morgan fingerprint density at radius 3 is 2.43 bits per heavy atom. The molecule has 3 rings (SSSR count). The van der Waals surface area contributed by atoms with E-state index in [4.69, 9.17) is 17.0 Å². The lowest BCUT2D eigenvalue weighted by atomic mass is 10.1. The van der Waals surface area contributed by atoms with Gasteiger partial charge in [-0.1, -0.05) is 0 Å². The first kappa shape index (κ1) is 19.8. The van der Waals surface area contributed by atoms with Crippen molar-refractivity contribution in [2.45, 2.75) is 33.2 Å². The molecule has 1 aliphatic heterocycles. The summed E-state index contributed by atoms with van der Waals surface area (Å²) in [5.41, 5.74) is 1.18. The van der Waals surface area contributed by atoms with Crippen molar-refractivity contribution in [3.05, 3.63) is 53.9 Å². The second kappa shape index (κ2) is 7.59. The van der Waals surface area contributed by atoms with Crippen LogP contribution in [0.25, 0.3) is 6.08 Å². The Kier molecular flexibility index (Phi) is 5.38. The maximum atomic E-state index is 13.1. The van der Waals surface area contributed by atoms with Crippen LogP contribution in [0.15, 0.2) is 48.2 Å². The lowest BCUT2D eigenvalue weighted by Crippen LogP contribution is -2.54. The average molecular weight is 398 g/mol. The molecule has 0 radical (unpaired) electrons. The van der Waals surface area contributed by atoms with Gasteiger partial charge < -0.3 is 9.30 Å². The van der Waals surface area contributed by atoms with Gasteiger partial charge in [0.15, 0.2) is 5.11 Å². The first-order valence-corrected chi connectivity index (χ1v) is 9.45. The molecule has 0 spiro atoms.